The van der Waals surface area contributed by atoms with Crippen LogP contribution in [0.3, 0.4) is 0 Å². The van der Waals surface area contributed by atoms with Crippen LogP contribution in [0.15, 0.2) is 54.6 Å². The largest absolute Gasteiger partial charge is 0.384 e. The molecule has 0 fully saturated rings. The van der Waals surface area contributed by atoms with E-state index in [1.165, 1.54) is 0 Å². The monoisotopic (exact) mass is 249 g/mol. The van der Waals surface area contributed by atoms with Gasteiger partial charge in [0.05, 0.1) is 5.69 Å². The second-order valence-corrected chi connectivity index (χ2v) is 4.52. The van der Waals surface area contributed by atoms with Crippen LogP contribution >= 0.6 is 0 Å². The highest BCUT2D eigenvalue weighted by molar-refractivity contribution is 5.96. The molecular weight excluding hydrogens is 234 g/mol. The number of rotatable bonds is 2. The molecule has 0 spiro atoms. The van der Waals surface area contributed by atoms with E-state index in [0.29, 0.717) is 12.4 Å². The molecule has 0 saturated carbocycles. The fraction of sp³-hybridized carbons (Fsp3) is 0.0625. The molecule has 0 bridgehead atoms. The van der Waals surface area contributed by atoms with E-state index >= 15 is 0 Å². The average molecular weight is 249 g/mol. The van der Waals surface area contributed by atoms with Gasteiger partial charge in [0, 0.05) is 17.5 Å². The summed E-state index contributed by atoms with van der Waals surface area (Å²) in [6.45, 7) is 0.547. The summed E-state index contributed by atoms with van der Waals surface area (Å²) in [5, 5.41) is 2.21. The van der Waals surface area contributed by atoms with Gasteiger partial charge in [-0.3, -0.25) is 0 Å². The summed E-state index contributed by atoms with van der Waals surface area (Å²) < 4.78 is 0. The minimum Gasteiger partial charge on any atom is -0.384 e. The van der Waals surface area contributed by atoms with Crippen molar-refractivity contribution in [3.05, 3.63) is 60.2 Å². The van der Waals surface area contributed by atoms with Crippen molar-refractivity contribution in [2.45, 2.75) is 6.54 Å². The zero-order chi connectivity index (χ0) is 13.2. The summed E-state index contributed by atoms with van der Waals surface area (Å²) >= 11 is 0. The van der Waals surface area contributed by atoms with Crippen LogP contribution in [0, 0.1) is 0 Å². The smallest absolute Gasteiger partial charge is 0.124 e. The van der Waals surface area contributed by atoms with E-state index in [0.717, 1.165) is 27.6 Å². The minimum atomic E-state index is 0.539. The number of nitrogens with two attached hydrogens (primary N) is 2. The number of hydrogen-bond acceptors (Lipinski definition) is 3. The average Bonchev–Trinajstić information content (AvgIpc) is 2.46. The zero-order valence-electron chi connectivity index (χ0n) is 10.5. The molecule has 0 aliphatic rings. The summed E-state index contributed by atoms with van der Waals surface area (Å²) in [5.74, 6) is 0.539. The van der Waals surface area contributed by atoms with E-state index in [9.17, 15) is 0 Å². The standard InChI is InChI=1S/C16H15N3/c17-10-11-5-7-12(8-6-11)16-14-4-2-1-3-13(14)9-15(18)19-16/h1-9H,10,17H2,(H2,18,19). The van der Waals surface area contributed by atoms with Crippen LogP contribution < -0.4 is 11.5 Å². The van der Waals surface area contributed by atoms with Gasteiger partial charge in [-0.1, -0.05) is 48.5 Å². The number of benzene rings is 2. The van der Waals surface area contributed by atoms with Gasteiger partial charge in [-0.2, -0.15) is 0 Å². The Morgan fingerprint density at radius 3 is 2.42 bits per heavy atom. The third-order valence-electron chi connectivity index (χ3n) is 3.22. The molecule has 4 N–H and O–H groups in total. The number of anilines is 1. The van der Waals surface area contributed by atoms with Crippen molar-refractivity contribution in [1.82, 2.24) is 4.98 Å². The SMILES string of the molecule is NCc1ccc(-c2nc(N)cc3ccccc23)cc1. The molecule has 1 heterocycles. The highest BCUT2D eigenvalue weighted by Gasteiger charge is 2.06. The van der Waals surface area contributed by atoms with Crippen molar-refractivity contribution in [3.8, 4) is 11.3 Å². The fourth-order valence-electron chi connectivity index (χ4n) is 2.24. The maximum atomic E-state index is 5.89. The molecule has 0 amide bonds. The first-order chi connectivity index (χ1) is 9.28. The lowest BCUT2D eigenvalue weighted by Crippen LogP contribution is -1.96. The first-order valence-electron chi connectivity index (χ1n) is 6.22. The maximum absolute atomic E-state index is 5.89. The number of aromatic nitrogens is 1. The maximum Gasteiger partial charge on any atom is 0.124 e. The number of nitrogens with zero attached hydrogens (tertiary/aromatic N) is 1. The van der Waals surface area contributed by atoms with E-state index < -0.39 is 0 Å². The highest BCUT2D eigenvalue weighted by Crippen LogP contribution is 2.28. The minimum absolute atomic E-state index is 0.539. The Kier molecular flexibility index (Phi) is 2.89. The predicted octanol–water partition coefficient (Wildman–Crippen LogP) is 2.94. The molecule has 0 aliphatic heterocycles. The van der Waals surface area contributed by atoms with Gasteiger partial charge in [0.25, 0.3) is 0 Å². The number of hydrogen-bond donors (Lipinski definition) is 2. The number of pyridine rings is 1. The van der Waals surface area contributed by atoms with Crippen LogP contribution in [0.2, 0.25) is 0 Å². The molecule has 3 rings (SSSR count). The first kappa shape index (κ1) is 11.7. The van der Waals surface area contributed by atoms with Crippen LogP contribution in [-0.4, -0.2) is 4.98 Å². The number of fused-ring (bicyclic) bond motifs is 1. The van der Waals surface area contributed by atoms with Crippen LogP contribution in [0.1, 0.15) is 5.56 Å². The summed E-state index contributed by atoms with van der Waals surface area (Å²) in [6, 6.07) is 18.1. The molecule has 3 nitrogen and oxygen atoms in total. The van der Waals surface area contributed by atoms with E-state index in [1.54, 1.807) is 0 Å². The molecule has 94 valence electrons. The topological polar surface area (TPSA) is 64.9 Å². The predicted molar refractivity (Wildman–Crippen MR) is 79.5 cm³/mol. The van der Waals surface area contributed by atoms with Gasteiger partial charge in [-0.15, -0.1) is 0 Å². The summed E-state index contributed by atoms with van der Waals surface area (Å²) in [5.41, 5.74) is 14.6. The lowest BCUT2D eigenvalue weighted by molar-refractivity contribution is 1.07. The Labute approximate surface area is 111 Å². The van der Waals surface area contributed by atoms with Gasteiger partial charge in [0.2, 0.25) is 0 Å². The Morgan fingerprint density at radius 2 is 1.68 bits per heavy atom. The van der Waals surface area contributed by atoms with Crippen LogP contribution in [-0.2, 0) is 6.54 Å². The fourth-order valence-corrected chi connectivity index (χ4v) is 2.24. The van der Waals surface area contributed by atoms with Crippen LogP contribution in [0.4, 0.5) is 5.82 Å². The zero-order valence-corrected chi connectivity index (χ0v) is 10.5. The van der Waals surface area contributed by atoms with E-state index in [1.807, 2.05) is 48.5 Å². The third kappa shape index (κ3) is 2.16. The molecular formula is C16H15N3. The quantitative estimate of drug-likeness (QED) is 0.734. The van der Waals surface area contributed by atoms with E-state index in [4.69, 9.17) is 11.5 Å². The summed E-state index contributed by atoms with van der Waals surface area (Å²) in [4.78, 5) is 4.47. The molecule has 0 atom stereocenters. The Bertz CT molecular complexity index is 718. The van der Waals surface area contributed by atoms with Crippen LogP contribution in [0.5, 0.6) is 0 Å². The van der Waals surface area contributed by atoms with Gasteiger partial charge in [0.15, 0.2) is 0 Å². The lowest BCUT2D eigenvalue weighted by atomic mass is 10.0. The van der Waals surface area contributed by atoms with Crippen molar-refractivity contribution in [3.63, 3.8) is 0 Å². The molecule has 3 heteroatoms. The molecule has 0 aliphatic carbocycles. The van der Waals surface area contributed by atoms with Crippen molar-refractivity contribution in [1.29, 1.82) is 0 Å². The molecule has 2 aromatic carbocycles. The molecule has 19 heavy (non-hydrogen) atoms. The van der Waals surface area contributed by atoms with Crippen molar-refractivity contribution >= 4 is 16.6 Å². The Balaban J connectivity index is 2.22. The lowest BCUT2D eigenvalue weighted by Gasteiger charge is -2.08. The molecule has 3 aromatic rings. The van der Waals surface area contributed by atoms with E-state index in [2.05, 4.69) is 11.1 Å². The highest BCUT2D eigenvalue weighted by atomic mass is 14.8. The normalized spacial score (nSPS) is 10.8. The Hall–Kier alpha value is -2.39. The molecule has 0 saturated heterocycles. The van der Waals surface area contributed by atoms with Gasteiger partial charge >= 0.3 is 0 Å². The summed E-state index contributed by atoms with van der Waals surface area (Å²) in [7, 11) is 0. The molecule has 0 radical (unpaired) electrons. The second kappa shape index (κ2) is 4.71. The van der Waals surface area contributed by atoms with Gasteiger partial charge in [-0.05, 0) is 17.0 Å². The summed E-state index contributed by atoms with van der Waals surface area (Å²) in [6.07, 6.45) is 0. The molecule has 1 aromatic heterocycles. The first-order valence-corrected chi connectivity index (χ1v) is 6.22. The van der Waals surface area contributed by atoms with Crippen LogP contribution in [0.25, 0.3) is 22.0 Å². The molecule has 0 unspecified atom stereocenters. The van der Waals surface area contributed by atoms with Gasteiger partial charge in [0.1, 0.15) is 5.82 Å². The van der Waals surface area contributed by atoms with Crippen molar-refractivity contribution in [2.24, 2.45) is 5.73 Å². The van der Waals surface area contributed by atoms with Gasteiger partial charge in [-0.25, -0.2) is 4.98 Å². The number of nitrogen functional groups attached to an aromatic ring is 1. The second-order valence-electron chi connectivity index (χ2n) is 4.52. The van der Waals surface area contributed by atoms with E-state index in [-0.39, 0.29) is 0 Å². The Morgan fingerprint density at radius 1 is 0.947 bits per heavy atom. The van der Waals surface area contributed by atoms with Crippen molar-refractivity contribution in [2.75, 3.05) is 5.73 Å². The third-order valence-corrected chi connectivity index (χ3v) is 3.22. The van der Waals surface area contributed by atoms with Crippen molar-refractivity contribution < 1.29 is 0 Å². The van der Waals surface area contributed by atoms with Gasteiger partial charge < -0.3 is 11.5 Å².